The zero-order valence-corrected chi connectivity index (χ0v) is 11.2. The van der Waals surface area contributed by atoms with Crippen LogP contribution in [0.2, 0.25) is 0 Å². The van der Waals surface area contributed by atoms with Gasteiger partial charge in [0.15, 0.2) is 0 Å². The summed E-state index contributed by atoms with van der Waals surface area (Å²) >= 11 is 1.39. The molecular weight excluding hydrogens is 280 g/mol. The maximum atomic E-state index is 12.4. The Morgan fingerprint density at radius 2 is 1.90 bits per heavy atom. The molecule has 0 aliphatic rings. The number of nitrogens with two attached hydrogens (primary N) is 1. The first kappa shape index (κ1) is 14.0. The van der Waals surface area contributed by atoms with Gasteiger partial charge in [-0.3, -0.25) is 14.4 Å². The van der Waals surface area contributed by atoms with E-state index in [1.807, 2.05) is 12.1 Å². The van der Waals surface area contributed by atoms with E-state index in [1.54, 1.807) is 17.5 Å². The Labute approximate surface area is 118 Å². The highest BCUT2D eigenvalue weighted by Crippen LogP contribution is 2.26. The van der Waals surface area contributed by atoms with Crippen LogP contribution in [0.25, 0.3) is 10.1 Å². The molecule has 6 nitrogen and oxygen atoms in total. The maximum Gasteiger partial charge on any atom is 0.323 e. The molecule has 0 spiro atoms. The van der Waals surface area contributed by atoms with Crippen LogP contribution in [0.3, 0.4) is 0 Å². The largest absolute Gasteiger partial charge is 0.480 e. The first-order chi connectivity index (χ1) is 9.49. The number of carbonyl (C=O) groups is 3. The number of carboxylic acids is 1. The van der Waals surface area contributed by atoms with E-state index in [9.17, 15) is 14.4 Å². The molecule has 2 rings (SSSR count). The lowest BCUT2D eigenvalue weighted by Crippen LogP contribution is -2.41. The molecule has 3 N–H and O–H groups in total. The Bertz CT molecular complexity index is 664. The lowest BCUT2D eigenvalue weighted by atomic mass is 10.1. The molecule has 1 aromatic heterocycles. The van der Waals surface area contributed by atoms with Gasteiger partial charge in [0.1, 0.15) is 13.1 Å². The number of hydrogen-bond donors (Lipinski definition) is 2. The molecule has 0 saturated carbocycles. The molecule has 0 fully saturated rings. The standard InChI is InChI=1S/C13H12N2O4S/c14-11(16)5-15(6-12(17)18)13(19)9-7-20-10-4-2-1-3-8(9)10/h1-4,7H,5-6H2,(H2,14,16)(H,17,18). The molecule has 104 valence electrons. The number of amides is 2. The van der Waals surface area contributed by atoms with Crippen molar-refractivity contribution in [3.8, 4) is 0 Å². The summed E-state index contributed by atoms with van der Waals surface area (Å²) in [7, 11) is 0. The van der Waals surface area contributed by atoms with E-state index in [0.29, 0.717) is 5.56 Å². The van der Waals surface area contributed by atoms with Gasteiger partial charge in [-0.25, -0.2) is 0 Å². The van der Waals surface area contributed by atoms with Crippen molar-refractivity contribution in [3.63, 3.8) is 0 Å². The lowest BCUT2D eigenvalue weighted by Gasteiger charge is -2.18. The highest BCUT2D eigenvalue weighted by Gasteiger charge is 2.22. The summed E-state index contributed by atoms with van der Waals surface area (Å²) in [4.78, 5) is 35.0. The van der Waals surface area contributed by atoms with Crippen LogP contribution in [-0.4, -0.2) is 40.9 Å². The predicted octanol–water partition coefficient (Wildman–Crippen LogP) is 0.913. The third kappa shape index (κ3) is 2.94. The number of carbonyl (C=O) groups excluding carboxylic acids is 2. The number of primary amides is 1. The molecule has 2 amide bonds. The van der Waals surface area contributed by atoms with Gasteiger partial charge in [0, 0.05) is 15.5 Å². The van der Waals surface area contributed by atoms with E-state index in [4.69, 9.17) is 10.8 Å². The van der Waals surface area contributed by atoms with E-state index < -0.39 is 30.9 Å². The molecule has 0 unspecified atom stereocenters. The highest BCUT2D eigenvalue weighted by atomic mass is 32.1. The van der Waals surface area contributed by atoms with Gasteiger partial charge in [0.25, 0.3) is 5.91 Å². The van der Waals surface area contributed by atoms with Crippen LogP contribution >= 0.6 is 11.3 Å². The molecule has 0 saturated heterocycles. The third-order valence-electron chi connectivity index (χ3n) is 2.67. The van der Waals surface area contributed by atoms with E-state index >= 15 is 0 Å². The average molecular weight is 292 g/mol. The molecule has 0 atom stereocenters. The van der Waals surface area contributed by atoms with Crippen LogP contribution in [0.1, 0.15) is 10.4 Å². The number of thiophene rings is 1. The Morgan fingerprint density at radius 3 is 2.55 bits per heavy atom. The minimum atomic E-state index is -1.20. The Morgan fingerprint density at radius 1 is 1.20 bits per heavy atom. The normalized spacial score (nSPS) is 10.4. The van der Waals surface area contributed by atoms with Crippen molar-refractivity contribution in [2.24, 2.45) is 5.73 Å². The number of benzene rings is 1. The SMILES string of the molecule is NC(=O)CN(CC(=O)O)C(=O)c1csc2ccccc12. The van der Waals surface area contributed by atoms with E-state index in [0.717, 1.165) is 15.0 Å². The van der Waals surface area contributed by atoms with Gasteiger partial charge in [0.05, 0.1) is 5.56 Å². The summed E-state index contributed by atoms with van der Waals surface area (Å²) < 4.78 is 0.921. The average Bonchev–Trinajstić information content (AvgIpc) is 2.79. The predicted molar refractivity (Wildman–Crippen MR) is 74.6 cm³/mol. The zero-order chi connectivity index (χ0) is 14.7. The molecule has 2 aromatic rings. The fourth-order valence-corrected chi connectivity index (χ4v) is 2.80. The van der Waals surface area contributed by atoms with Crippen LogP contribution in [-0.2, 0) is 9.59 Å². The Balaban J connectivity index is 2.35. The number of fused-ring (bicyclic) bond motifs is 1. The fourth-order valence-electron chi connectivity index (χ4n) is 1.86. The summed E-state index contributed by atoms with van der Waals surface area (Å²) in [6, 6.07) is 7.29. The number of hydrogen-bond acceptors (Lipinski definition) is 4. The summed E-state index contributed by atoms with van der Waals surface area (Å²) in [5, 5.41) is 11.2. The summed E-state index contributed by atoms with van der Waals surface area (Å²) in [6.45, 7) is -0.985. The van der Waals surface area contributed by atoms with Crippen molar-refractivity contribution in [2.45, 2.75) is 0 Å². The molecule has 1 heterocycles. The van der Waals surface area contributed by atoms with Crippen LogP contribution in [0, 0.1) is 0 Å². The third-order valence-corrected chi connectivity index (χ3v) is 3.63. The van der Waals surface area contributed by atoms with Gasteiger partial charge in [0.2, 0.25) is 5.91 Å². The lowest BCUT2D eigenvalue weighted by molar-refractivity contribution is -0.138. The molecular formula is C13H12N2O4S. The first-order valence-corrected chi connectivity index (χ1v) is 6.62. The van der Waals surface area contributed by atoms with Gasteiger partial charge in [-0.2, -0.15) is 0 Å². The number of carboxylic acid groups (broad SMARTS) is 1. The quantitative estimate of drug-likeness (QED) is 0.855. The van der Waals surface area contributed by atoms with Crippen molar-refractivity contribution in [1.29, 1.82) is 0 Å². The van der Waals surface area contributed by atoms with Crippen molar-refractivity contribution in [3.05, 3.63) is 35.2 Å². The molecule has 0 aliphatic heterocycles. The van der Waals surface area contributed by atoms with Crippen molar-refractivity contribution in [2.75, 3.05) is 13.1 Å². The van der Waals surface area contributed by atoms with E-state index in [1.165, 1.54) is 11.3 Å². The number of aliphatic carboxylic acids is 1. The summed E-state index contributed by atoms with van der Waals surface area (Å²) in [5.41, 5.74) is 5.43. The van der Waals surface area contributed by atoms with E-state index in [2.05, 4.69) is 0 Å². The molecule has 1 aromatic carbocycles. The van der Waals surface area contributed by atoms with Crippen LogP contribution in [0.15, 0.2) is 29.6 Å². The minimum absolute atomic E-state index is 0.383. The summed E-state index contributed by atoms with van der Waals surface area (Å²) in [5.74, 6) is -2.46. The fraction of sp³-hybridized carbons (Fsp3) is 0.154. The zero-order valence-electron chi connectivity index (χ0n) is 10.4. The van der Waals surface area contributed by atoms with Crippen LogP contribution in [0.4, 0.5) is 0 Å². The van der Waals surface area contributed by atoms with Crippen LogP contribution in [0.5, 0.6) is 0 Å². The van der Waals surface area contributed by atoms with Crippen molar-refractivity contribution < 1.29 is 19.5 Å². The highest BCUT2D eigenvalue weighted by molar-refractivity contribution is 7.17. The smallest absolute Gasteiger partial charge is 0.323 e. The molecule has 20 heavy (non-hydrogen) atoms. The van der Waals surface area contributed by atoms with Gasteiger partial charge < -0.3 is 15.7 Å². The molecule has 0 aliphatic carbocycles. The van der Waals surface area contributed by atoms with Crippen LogP contribution < -0.4 is 5.73 Å². The first-order valence-electron chi connectivity index (χ1n) is 5.74. The molecule has 7 heteroatoms. The minimum Gasteiger partial charge on any atom is -0.480 e. The van der Waals surface area contributed by atoms with Gasteiger partial charge in [-0.15, -0.1) is 11.3 Å². The molecule has 0 radical (unpaired) electrons. The summed E-state index contributed by atoms with van der Waals surface area (Å²) in [6.07, 6.45) is 0. The topological polar surface area (TPSA) is 101 Å². The second-order valence-corrected chi connectivity index (χ2v) is 5.08. The number of nitrogens with zero attached hydrogens (tertiary/aromatic N) is 1. The Hall–Kier alpha value is -2.41. The maximum absolute atomic E-state index is 12.4. The second-order valence-electron chi connectivity index (χ2n) is 4.17. The van der Waals surface area contributed by atoms with Gasteiger partial charge >= 0.3 is 5.97 Å². The van der Waals surface area contributed by atoms with Gasteiger partial charge in [-0.05, 0) is 6.07 Å². The van der Waals surface area contributed by atoms with Crippen molar-refractivity contribution >= 4 is 39.2 Å². The second kappa shape index (κ2) is 5.70. The Kier molecular flexibility index (Phi) is 3.99. The van der Waals surface area contributed by atoms with Crippen molar-refractivity contribution in [1.82, 2.24) is 4.90 Å². The number of rotatable bonds is 5. The molecule has 0 bridgehead atoms. The van der Waals surface area contributed by atoms with Gasteiger partial charge in [-0.1, -0.05) is 18.2 Å². The van der Waals surface area contributed by atoms with E-state index in [-0.39, 0.29) is 0 Å². The monoisotopic (exact) mass is 292 g/mol.